The molecule has 100 valence electrons. The van der Waals surface area contributed by atoms with Gasteiger partial charge in [0.05, 0.1) is 6.42 Å². The molecule has 2 N–H and O–H groups in total. The van der Waals surface area contributed by atoms with E-state index in [1.807, 2.05) is 20.8 Å². The first kappa shape index (κ1) is 15.7. The average molecular weight is 244 g/mol. The number of rotatable bonds is 8. The third kappa shape index (κ3) is 6.81. The third-order valence-electron chi connectivity index (χ3n) is 2.55. The lowest BCUT2D eigenvalue weighted by atomic mass is 10.1. The fourth-order valence-corrected chi connectivity index (χ4v) is 1.72. The number of carboxylic acid groups (broad SMARTS) is 1. The van der Waals surface area contributed by atoms with Crippen molar-refractivity contribution in [2.75, 3.05) is 13.1 Å². The van der Waals surface area contributed by atoms with Gasteiger partial charge in [-0.1, -0.05) is 20.3 Å². The smallest absolute Gasteiger partial charge is 0.317 e. The number of carbonyl (C=O) groups is 2. The number of aliphatic carboxylic acids is 1. The van der Waals surface area contributed by atoms with Gasteiger partial charge in [-0.15, -0.1) is 0 Å². The van der Waals surface area contributed by atoms with Gasteiger partial charge in [0.1, 0.15) is 0 Å². The monoisotopic (exact) mass is 244 g/mol. The minimum Gasteiger partial charge on any atom is -0.481 e. The number of carboxylic acids is 1. The molecule has 0 aromatic carbocycles. The Morgan fingerprint density at radius 2 is 1.88 bits per heavy atom. The highest BCUT2D eigenvalue weighted by Gasteiger charge is 2.18. The first-order chi connectivity index (χ1) is 8.04. The lowest BCUT2D eigenvalue weighted by Gasteiger charge is -2.24. The van der Waals surface area contributed by atoms with E-state index in [-0.39, 0.29) is 18.5 Å². The molecular formula is C12H24N2O3. The molecule has 2 amide bonds. The summed E-state index contributed by atoms with van der Waals surface area (Å²) >= 11 is 0. The molecule has 0 aromatic heterocycles. The molecule has 0 rings (SSSR count). The van der Waals surface area contributed by atoms with E-state index in [0.717, 1.165) is 12.8 Å². The van der Waals surface area contributed by atoms with Crippen LogP contribution in [0.25, 0.3) is 0 Å². The summed E-state index contributed by atoms with van der Waals surface area (Å²) in [7, 11) is 0. The summed E-state index contributed by atoms with van der Waals surface area (Å²) in [4.78, 5) is 24.2. The maximum absolute atomic E-state index is 11.9. The van der Waals surface area contributed by atoms with Crippen LogP contribution in [0.2, 0.25) is 0 Å². The van der Waals surface area contributed by atoms with Gasteiger partial charge in [-0.3, -0.25) is 4.79 Å². The van der Waals surface area contributed by atoms with E-state index in [0.29, 0.717) is 19.5 Å². The van der Waals surface area contributed by atoms with E-state index < -0.39 is 5.97 Å². The van der Waals surface area contributed by atoms with Crippen LogP contribution in [0.1, 0.15) is 46.5 Å². The Morgan fingerprint density at radius 1 is 1.24 bits per heavy atom. The zero-order valence-electron chi connectivity index (χ0n) is 11.0. The molecule has 1 unspecified atom stereocenters. The van der Waals surface area contributed by atoms with Crippen LogP contribution in [0.15, 0.2) is 0 Å². The number of nitrogens with one attached hydrogen (secondary N) is 1. The Bertz CT molecular complexity index is 244. The summed E-state index contributed by atoms with van der Waals surface area (Å²) in [5.74, 6) is -0.873. The average Bonchev–Trinajstić information content (AvgIpc) is 2.25. The molecular weight excluding hydrogens is 220 g/mol. The number of urea groups is 1. The normalized spacial score (nSPS) is 11.9. The minimum atomic E-state index is -0.873. The molecule has 0 heterocycles. The first-order valence-electron chi connectivity index (χ1n) is 6.32. The standard InChI is InChI=1S/C12H24N2O3/c1-4-7-10(9-11(15)16)13-12(17)14(6-3)8-5-2/h10H,4-9H2,1-3H3,(H,13,17)(H,15,16). The van der Waals surface area contributed by atoms with E-state index in [9.17, 15) is 9.59 Å². The number of nitrogens with zero attached hydrogens (tertiary/aromatic N) is 1. The van der Waals surface area contributed by atoms with Crippen LogP contribution in [0.5, 0.6) is 0 Å². The molecule has 0 aliphatic carbocycles. The Kier molecular flexibility index (Phi) is 8.19. The molecule has 0 spiro atoms. The van der Waals surface area contributed by atoms with Gasteiger partial charge >= 0.3 is 12.0 Å². The van der Waals surface area contributed by atoms with Crippen LogP contribution in [-0.2, 0) is 4.79 Å². The minimum absolute atomic E-state index is 0.0107. The summed E-state index contributed by atoms with van der Waals surface area (Å²) in [6.45, 7) is 7.25. The fourth-order valence-electron chi connectivity index (χ4n) is 1.72. The Hall–Kier alpha value is -1.26. The van der Waals surface area contributed by atoms with Crippen molar-refractivity contribution in [3.63, 3.8) is 0 Å². The molecule has 0 saturated heterocycles. The quantitative estimate of drug-likeness (QED) is 0.686. The number of amides is 2. The lowest BCUT2D eigenvalue weighted by Crippen LogP contribution is -2.45. The van der Waals surface area contributed by atoms with Crippen LogP contribution in [-0.4, -0.2) is 41.1 Å². The first-order valence-corrected chi connectivity index (χ1v) is 6.32. The van der Waals surface area contributed by atoms with E-state index in [1.54, 1.807) is 4.90 Å². The van der Waals surface area contributed by atoms with Crippen molar-refractivity contribution in [2.24, 2.45) is 0 Å². The van der Waals surface area contributed by atoms with Gasteiger partial charge in [-0.2, -0.15) is 0 Å². The van der Waals surface area contributed by atoms with Gasteiger partial charge in [-0.25, -0.2) is 4.79 Å². The van der Waals surface area contributed by atoms with Gasteiger partial charge in [0.2, 0.25) is 0 Å². The molecule has 17 heavy (non-hydrogen) atoms. The molecule has 0 radical (unpaired) electrons. The number of carbonyl (C=O) groups excluding carboxylic acids is 1. The maximum Gasteiger partial charge on any atom is 0.317 e. The van der Waals surface area contributed by atoms with Crippen molar-refractivity contribution in [3.8, 4) is 0 Å². The number of hydrogen-bond acceptors (Lipinski definition) is 2. The molecule has 1 atom stereocenters. The summed E-state index contributed by atoms with van der Waals surface area (Å²) in [6, 6.07) is -0.426. The topological polar surface area (TPSA) is 69.6 Å². The lowest BCUT2D eigenvalue weighted by molar-refractivity contribution is -0.137. The molecule has 5 nitrogen and oxygen atoms in total. The predicted molar refractivity (Wildman–Crippen MR) is 67.0 cm³/mol. The zero-order valence-corrected chi connectivity index (χ0v) is 11.0. The summed E-state index contributed by atoms with van der Waals surface area (Å²) < 4.78 is 0. The molecule has 0 saturated carbocycles. The molecule has 0 aliphatic rings. The van der Waals surface area contributed by atoms with Crippen molar-refractivity contribution in [3.05, 3.63) is 0 Å². The van der Waals surface area contributed by atoms with E-state index in [4.69, 9.17) is 5.11 Å². The summed E-state index contributed by atoms with van der Waals surface area (Å²) in [5, 5.41) is 11.5. The van der Waals surface area contributed by atoms with E-state index >= 15 is 0 Å². The van der Waals surface area contributed by atoms with Gasteiger partial charge in [0.15, 0.2) is 0 Å². The molecule has 0 bridgehead atoms. The van der Waals surface area contributed by atoms with E-state index in [2.05, 4.69) is 5.32 Å². The van der Waals surface area contributed by atoms with Crippen LogP contribution in [0, 0.1) is 0 Å². The summed E-state index contributed by atoms with van der Waals surface area (Å²) in [6.07, 6.45) is 2.45. The Morgan fingerprint density at radius 3 is 2.29 bits per heavy atom. The van der Waals surface area contributed by atoms with E-state index in [1.165, 1.54) is 0 Å². The zero-order chi connectivity index (χ0) is 13.3. The van der Waals surface area contributed by atoms with Crippen LogP contribution in [0.4, 0.5) is 4.79 Å². The Labute approximate surface area is 103 Å². The van der Waals surface area contributed by atoms with Crippen molar-refractivity contribution in [2.45, 2.75) is 52.5 Å². The van der Waals surface area contributed by atoms with Crippen molar-refractivity contribution in [1.82, 2.24) is 10.2 Å². The fraction of sp³-hybridized carbons (Fsp3) is 0.833. The maximum atomic E-state index is 11.9. The second kappa shape index (κ2) is 8.84. The number of hydrogen-bond donors (Lipinski definition) is 2. The molecule has 0 aromatic rings. The van der Waals surface area contributed by atoms with Crippen molar-refractivity contribution < 1.29 is 14.7 Å². The van der Waals surface area contributed by atoms with Gasteiger partial charge in [0.25, 0.3) is 0 Å². The van der Waals surface area contributed by atoms with Gasteiger partial charge in [0, 0.05) is 19.1 Å². The van der Waals surface area contributed by atoms with Crippen molar-refractivity contribution >= 4 is 12.0 Å². The summed E-state index contributed by atoms with van der Waals surface area (Å²) in [5.41, 5.74) is 0. The van der Waals surface area contributed by atoms with Crippen LogP contribution < -0.4 is 5.32 Å². The largest absolute Gasteiger partial charge is 0.481 e. The SMILES string of the molecule is CCCC(CC(=O)O)NC(=O)N(CC)CCC. The second-order valence-electron chi connectivity index (χ2n) is 4.11. The third-order valence-corrected chi connectivity index (χ3v) is 2.55. The highest BCUT2D eigenvalue weighted by molar-refractivity contribution is 5.75. The van der Waals surface area contributed by atoms with Crippen molar-refractivity contribution in [1.29, 1.82) is 0 Å². The Balaban J connectivity index is 4.30. The van der Waals surface area contributed by atoms with Gasteiger partial charge < -0.3 is 15.3 Å². The molecule has 0 fully saturated rings. The highest BCUT2D eigenvalue weighted by atomic mass is 16.4. The molecule has 5 heteroatoms. The van der Waals surface area contributed by atoms with Crippen LogP contribution >= 0.6 is 0 Å². The van der Waals surface area contributed by atoms with Gasteiger partial charge in [-0.05, 0) is 19.8 Å². The van der Waals surface area contributed by atoms with Crippen LogP contribution in [0.3, 0.4) is 0 Å². The predicted octanol–water partition coefficient (Wildman–Crippen LogP) is 2.07. The second-order valence-corrected chi connectivity index (χ2v) is 4.11. The molecule has 0 aliphatic heterocycles. The highest BCUT2D eigenvalue weighted by Crippen LogP contribution is 2.03.